The maximum atomic E-state index is 13.0. The third-order valence-corrected chi connectivity index (χ3v) is 6.91. The number of rotatable bonds is 3. The number of hydrogen-bond donors (Lipinski definition) is 0. The number of aryl methyl sites for hydroxylation is 2. The molecule has 0 unspecified atom stereocenters. The van der Waals surface area contributed by atoms with Crippen molar-refractivity contribution in [1.29, 1.82) is 0 Å². The molecule has 35 heavy (non-hydrogen) atoms. The van der Waals surface area contributed by atoms with Gasteiger partial charge in [0, 0.05) is 21.1 Å². The van der Waals surface area contributed by atoms with Gasteiger partial charge in [-0.1, -0.05) is 35.6 Å². The second-order valence-electron chi connectivity index (χ2n) is 8.14. The van der Waals surface area contributed by atoms with Gasteiger partial charge in [0.15, 0.2) is 16.1 Å². The molecule has 0 saturated heterocycles. The molecule has 0 radical (unpaired) electrons. The van der Waals surface area contributed by atoms with Crippen molar-refractivity contribution in [3.8, 4) is 11.8 Å². The number of benzene rings is 2. The Morgan fingerprint density at radius 1 is 0.886 bits per heavy atom. The van der Waals surface area contributed by atoms with Gasteiger partial charge in [0.25, 0.3) is 11.1 Å². The van der Waals surface area contributed by atoms with Crippen molar-refractivity contribution in [2.75, 3.05) is 0 Å². The van der Waals surface area contributed by atoms with Gasteiger partial charge in [-0.25, -0.2) is 14.2 Å². The van der Waals surface area contributed by atoms with Gasteiger partial charge in [0.2, 0.25) is 0 Å². The normalized spacial score (nSPS) is 12.4. The molecule has 11 heteroatoms. The summed E-state index contributed by atoms with van der Waals surface area (Å²) in [4.78, 5) is 47.4. The van der Waals surface area contributed by atoms with Crippen LogP contribution in [-0.4, -0.2) is 28.1 Å². The minimum Gasteiger partial charge on any atom is -0.425 e. The first kappa shape index (κ1) is 21.1. The van der Waals surface area contributed by atoms with Crippen molar-refractivity contribution in [3.63, 3.8) is 0 Å². The Balaban J connectivity index is 1.42. The van der Waals surface area contributed by atoms with Crippen LogP contribution in [0.25, 0.3) is 33.2 Å². The highest BCUT2D eigenvalue weighted by Gasteiger charge is 2.18. The Morgan fingerprint density at radius 3 is 2.51 bits per heavy atom. The number of nitrogens with zero attached hydrogens (tertiary/aromatic N) is 6. The summed E-state index contributed by atoms with van der Waals surface area (Å²) in [6.07, 6.45) is 1.79. The summed E-state index contributed by atoms with van der Waals surface area (Å²) < 4.78 is 12.0. The molecule has 0 aliphatic carbocycles. The van der Waals surface area contributed by atoms with Gasteiger partial charge in [-0.05, 0) is 35.9 Å². The molecule has 6 aromatic rings. The molecule has 0 saturated carbocycles. The molecular weight excluding hydrogens is 468 g/mol. The van der Waals surface area contributed by atoms with E-state index in [1.807, 2.05) is 30.3 Å². The second-order valence-corrected chi connectivity index (χ2v) is 9.15. The Kier molecular flexibility index (Phi) is 4.51. The Morgan fingerprint density at radius 2 is 1.69 bits per heavy atom. The molecule has 0 atom stereocenters. The van der Waals surface area contributed by atoms with Crippen molar-refractivity contribution in [2.45, 2.75) is 0 Å². The molecule has 4 aromatic heterocycles. The summed E-state index contributed by atoms with van der Waals surface area (Å²) in [5.74, 6) is 0.471. The minimum absolute atomic E-state index is 0.128. The van der Waals surface area contributed by atoms with E-state index < -0.39 is 11.2 Å². The molecule has 0 fully saturated rings. The summed E-state index contributed by atoms with van der Waals surface area (Å²) in [6, 6.07) is 14.9. The van der Waals surface area contributed by atoms with Crippen LogP contribution in [0.1, 0.15) is 5.56 Å². The molecule has 0 aliphatic heterocycles. The highest BCUT2D eigenvalue weighted by Crippen LogP contribution is 2.24. The molecule has 4 heterocycles. The van der Waals surface area contributed by atoms with Crippen LogP contribution < -0.4 is 26.1 Å². The van der Waals surface area contributed by atoms with Crippen molar-refractivity contribution in [1.82, 2.24) is 28.1 Å². The van der Waals surface area contributed by atoms with E-state index in [0.29, 0.717) is 15.2 Å². The first-order valence-corrected chi connectivity index (χ1v) is 11.5. The summed E-state index contributed by atoms with van der Waals surface area (Å²) in [7, 11) is 4.63. The topological polar surface area (TPSA) is 105 Å². The van der Waals surface area contributed by atoms with Crippen LogP contribution in [0, 0.1) is 0 Å². The number of ether oxygens (including phenoxy) is 1. The van der Waals surface area contributed by atoms with Gasteiger partial charge in [-0.3, -0.25) is 23.3 Å². The summed E-state index contributed by atoms with van der Waals surface area (Å²) >= 11 is 1.32. The van der Waals surface area contributed by atoms with Gasteiger partial charge in [0.05, 0.1) is 15.6 Å². The highest BCUT2D eigenvalue weighted by atomic mass is 32.1. The van der Waals surface area contributed by atoms with E-state index in [4.69, 9.17) is 4.74 Å². The molecular formula is C24H18N6O4S. The highest BCUT2D eigenvalue weighted by molar-refractivity contribution is 7.15. The van der Waals surface area contributed by atoms with Crippen molar-refractivity contribution < 1.29 is 4.74 Å². The van der Waals surface area contributed by atoms with E-state index in [2.05, 4.69) is 9.97 Å². The Labute approximate surface area is 200 Å². The fraction of sp³-hybridized carbons (Fsp3) is 0.125. The third-order valence-electron chi connectivity index (χ3n) is 5.94. The van der Waals surface area contributed by atoms with E-state index in [9.17, 15) is 14.4 Å². The van der Waals surface area contributed by atoms with Crippen LogP contribution in [0.5, 0.6) is 11.8 Å². The van der Waals surface area contributed by atoms with Crippen LogP contribution >= 0.6 is 11.3 Å². The quantitative estimate of drug-likeness (QED) is 0.376. The fourth-order valence-corrected chi connectivity index (χ4v) is 5.11. The lowest BCUT2D eigenvalue weighted by Crippen LogP contribution is -2.37. The van der Waals surface area contributed by atoms with Crippen molar-refractivity contribution in [3.05, 3.63) is 89.8 Å². The zero-order valence-corrected chi connectivity index (χ0v) is 19.7. The predicted octanol–water partition coefficient (Wildman–Crippen LogP) is 1.53. The zero-order valence-electron chi connectivity index (χ0n) is 18.9. The van der Waals surface area contributed by atoms with Crippen LogP contribution in [0.3, 0.4) is 0 Å². The summed E-state index contributed by atoms with van der Waals surface area (Å²) in [5, 5.41) is 0. The molecule has 0 aliphatic rings. The SMILES string of the molecule is Cn1c(=O)c2c(nc(Oc3cccc(/C=c4/sc5nc6ccccc6n5c4=O)c3)n2C)n(C)c1=O. The van der Waals surface area contributed by atoms with Gasteiger partial charge >= 0.3 is 11.7 Å². The van der Waals surface area contributed by atoms with Crippen molar-refractivity contribution >= 4 is 44.6 Å². The Bertz CT molecular complexity index is 2040. The largest absolute Gasteiger partial charge is 0.425 e. The van der Waals surface area contributed by atoms with E-state index in [-0.39, 0.29) is 22.7 Å². The van der Waals surface area contributed by atoms with E-state index in [1.165, 1.54) is 27.5 Å². The fourth-order valence-electron chi connectivity index (χ4n) is 4.13. The Hall–Kier alpha value is -4.51. The monoisotopic (exact) mass is 486 g/mol. The second kappa shape index (κ2) is 7.50. The first-order valence-electron chi connectivity index (χ1n) is 10.7. The average Bonchev–Trinajstić information content (AvgIpc) is 3.47. The van der Waals surface area contributed by atoms with Crippen LogP contribution in [0.4, 0.5) is 0 Å². The number of aromatic nitrogens is 6. The van der Waals surface area contributed by atoms with E-state index in [1.54, 1.807) is 42.8 Å². The predicted molar refractivity (Wildman–Crippen MR) is 133 cm³/mol. The lowest BCUT2D eigenvalue weighted by Gasteiger charge is -2.05. The molecule has 0 bridgehead atoms. The lowest BCUT2D eigenvalue weighted by atomic mass is 10.2. The van der Waals surface area contributed by atoms with Gasteiger partial charge in [-0.15, -0.1) is 0 Å². The van der Waals surface area contributed by atoms with E-state index >= 15 is 0 Å². The number of hydrogen-bond acceptors (Lipinski definition) is 7. The van der Waals surface area contributed by atoms with E-state index in [0.717, 1.165) is 21.2 Å². The molecule has 0 N–H and O–H groups in total. The maximum Gasteiger partial charge on any atom is 0.332 e. The zero-order chi connectivity index (χ0) is 24.4. The molecule has 10 nitrogen and oxygen atoms in total. The van der Waals surface area contributed by atoms with Crippen LogP contribution in [0.15, 0.2) is 62.9 Å². The first-order chi connectivity index (χ1) is 16.8. The van der Waals surface area contributed by atoms with Crippen LogP contribution in [0.2, 0.25) is 0 Å². The molecule has 6 rings (SSSR count). The number of imidazole rings is 2. The van der Waals surface area contributed by atoms with Crippen LogP contribution in [-0.2, 0) is 21.1 Å². The third kappa shape index (κ3) is 3.12. The van der Waals surface area contributed by atoms with Gasteiger partial charge in [-0.2, -0.15) is 4.98 Å². The van der Waals surface area contributed by atoms with Gasteiger partial charge in [0.1, 0.15) is 5.75 Å². The molecule has 174 valence electrons. The number of para-hydroxylation sites is 2. The lowest BCUT2D eigenvalue weighted by molar-refractivity contribution is 0.427. The molecule has 0 spiro atoms. The number of thiazole rings is 1. The minimum atomic E-state index is -0.466. The summed E-state index contributed by atoms with van der Waals surface area (Å²) in [6.45, 7) is 0. The molecule has 2 aromatic carbocycles. The smallest absolute Gasteiger partial charge is 0.332 e. The number of fused-ring (bicyclic) bond motifs is 4. The standard InChI is InChI=1S/C24H18N6O4S/c1-27-18-19(28(2)24(33)29(3)21(18)32)26-22(27)34-14-8-6-7-13(11-14)12-17-20(31)30-16-10-5-4-9-15(16)25-23(30)35-17/h4-12H,1-3H3/b17-12+. The summed E-state index contributed by atoms with van der Waals surface area (Å²) in [5.41, 5.74) is 1.78. The van der Waals surface area contributed by atoms with Gasteiger partial charge < -0.3 is 4.74 Å². The average molecular weight is 487 g/mol. The maximum absolute atomic E-state index is 13.0. The van der Waals surface area contributed by atoms with Crippen molar-refractivity contribution in [2.24, 2.45) is 21.1 Å². The molecule has 0 amide bonds.